The van der Waals surface area contributed by atoms with E-state index in [0.29, 0.717) is 0 Å². The molecule has 1 saturated carbocycles. The van der Waals surface area contributed by atoms with Crippen LogP contribution in [0.3, 0.4) is 0 Å². The van der Waals surface area contributed by atoms with Gasteiger partial charge < -0.3 is 14.4 Å². The predicted molar refractivity (Wildman–Crippen MR) is 85.5 cm³/mol. The third kappa shape index (κ3) is 6.68. The van der Waals surface area contributed by atoms with E-state index in [1.54, 1.807) is 4.90 Å². The second-order valence-electron chi connectivity index (χ2n) is 7.45. The average Bonchev–Trinajstić information content (AvgIpc) is 2.81. The molecule has 4 nitrogen and oxygen atoms in total. The fourth-order valence-corrected chi connectivity index (χ4v) is 2.92. The van der Waals surface area contributed by atoms with E-state index in [1.807, 2.05) is 27.8 Å². The van der Waals surface area contributed by atoms with Gasteiger partial charge >= 0.3 is 6.09 Å². The van der Waals surface area contributed by atoms with Crippen molar-refractivity contribution in [3.05, 3.63) is 0 Å². The second kappa shape index (κ2) is 8.02. The summed E-state index contributed by atoms with van der Waals surface area (Å²) in [5, 5.41) is 0. The number of amides is 1. The van der Waals surface area contributed by atoms with Crippen molar-refractivity contribution in [2.75, 3.05) is 26.8 Å². The highest BCUT2D eigenvalue weighted by atomic mass is 16.6. The molecule has 1 amide bonds. The number of hydrogen-bond donors (Lipinski definition) is 0. The Hall–Kier alpha value is -0.770. The van der Waals surface area contributed by atoms with Crippen LogP contribution in [0.5, 0.6) is 0 Å². The zero-order chi connectivity index (χ0) is 15.9. The van der Waals surface area contributed by atoms with Gasteiger partial charge in [0.1, 0.15) is 5.60 Å². The normalized spacial score (nSPS) is 17.8. The van der Waals surface area contributed by atoms with E-state index >= 15 is 0 Å². The minimum Gasteiger partial charge on any atom is -0.444 e. The highest BCUT2D eigenvalue weighted by Gasteiger charge is 2.37. The Bertz CT molecular complexity index is 316. The van der Waals surface area contributed by atoms with E-state index in [-0.39, 0.29) is 11.5 Å². The maximum atomic E-state index is 12.1. The van der Waals surface area contributed by atoms with E-state index in [2.05, 4.69) is 6.92 Å². The molecule has 0 unspecified atom stereocenters. The molecule has 4 heteroatoms. The van der Waals surface area contributed by atoms with Crippen molar-refractivity contribution < 1.29 is 14.3 Å². The number of carbonyl (C=O) groups is 1. The minimum atomic E-state index is -0.439. The van der Waals surface area contributed by atoms with Gasteiger partial charge in [-0.25, -0.2) is 4.79 Å². The molecule has 0 heterocycles. The summed E-state index contributed by atoms with van der Waals surface area (Å²) in [4.78, 5) is 13.8. The summed E-state index contributed by atoms with van der Waals surface area (Å²) in [7, 11) is 1.83. The Morgan fingerprint density at radius 1 is 1.24 bits per heavy atom. The lowest BCUT2D eigenvalue weighted by Gasteiger charge is -2.34. The molecular formula is C17H33NO3. The van der Waals surface area contributed by atoms with E-state index in [4.69, 9.17) is 9.47 Å². The molecule has 0 aromatic rings. The van der Waals surface area contributed by atoms with E-state index in [1.165, 1.54) is 12.8 Å². The second-order valence-corrected chi connectivity index (χ2v) is 7.45. The molecule has 0 aliphatic heterocycles. The molecule has 124 valence electrons. The molecule has 0 saturated heterocycles. The molecular weight excluding hydrogens is 266 g/mol. The summed E-state index contributed by atoms with van der Waals surface area (Å²) >= 11 is 0. The summed E-state index contributed by atoms with van der Waals surface area (Å²) < 4.78 is 11.3. The van der Waals surface area contributed by atoms with Crippen LogP contribution in [0.1, 0.15) is 66.2 Å². The monoisotopic (exact) mass is 299 g/mol. The van der Waals surface area contributed by atoms with Crippen LogP contribution in [0, 0.1) is 5.41 Å². The molecule has 1 aliphatic carbocycles. The molecule has 0 aromatic carbocycles. The molecule has 0 atom stereocenters. The largest absolute Gasteiger partial charge is 0.444 e. The van der Waals surface area contributed by atoms with Gasteiger partial charge in [-0.1, -0.05) is 26.2 Å². The van der Waals surface area contributed by atoms with Crippen LogP contribution in [0.4, 0.5) is 4.79 Å². The van der Waals surface area contributed by atoms with Crippen molar-refractivity contribution >= 4 is 6.09 Å². The zero-order valence-corrected chi connectivity index (χ0v) is 14.5. The SMILES string of the molecule is CCCCOCC1(CN(C)C(=O)OC(C)(C)C)CCCC1. The third-order valence-electron chi connectivity index (χ3n) is 3.99. The lowest BCUT2D eigenvalue weighted by atomic mass is 9.86. The van der Waals surface area contributed by atoms with Gasteiger partial charge in [-0.3, -0.25) is 0 Å². The average molecular weight is 299 g/mol. The van der Waals surface area contributed by atoms with Crippen LogP contribution in [-0.4, -0.2) is 43.4 Å². The Balaban J connectivity index is 2.51. The van der Waals surface area contributed by atoms with Crippen molar-refractivity contribution in [1.29, 1.82) is 0 Å². The van der Waals surface area contributed by atoms with Crippen LogP contribution in [-0.2, 0) is 9.47 Å². The van der Waals surface area contributed by atoms with Gasteiger partial charge in [-0.2, -0.15) is 0 Å². The van der Waals surface area contributed by atoms with E-state index in [9.17, 15) is 4.79 Å². The van der Waals surface area contributed by atoms with Gasteiger partial charge in [0.05, 0.1) is 6.61 Å². The van der Waals surface area contributed by atoms with Crippen molar-refractivity contribution in [1.82, 2.24) is 4.90 Å². The van der Waals surface area contributed by atoms with Gasteiger partial charge in [-0.15, -0.1) is 0 Å². The molecule has 1 fully saturated rings. The zero-order valence-electron chi connectivity index (χ0n) is 14.5. The Kier molecular flexibility index (Phi) is 6.98. The van der Waals surface area contributed by atoms with Crippen molar-refractivity contribution in [2.45, 2.75) is 71.8 Å². The van der Waals surface area contributed by atoms with E-state index in [0.717, 1.165) is 45.4 Å². The van der Waals surface area contributed by atoms with Crippen LogP contribution in [0.2, 0.25) is 0 Å². The first-order valence-corrected chi connectivity index (χ1v) is 8.30. The van der Waals surface area contributed by atoms with Gasteiger partial charge in [0.2, 0.25) is 0 Å². The molecule has 0 bridgehead atoms. The summed E-state index contributed by atoms with van der Waals surface area (Å²) in [5.41, 5.74) is -0.314. The number of unbranched alkanes of at least 4 members (excludes halogenated alkanes) is 1. The number of carbonyl (C=O) groups excluding carboxylic acids is 1. The molecule has 0 spiro atoms. The first-order chi connectivity index (χ1) is 9.78. The van der Waals surface area contributed by atoms with Gasteiger partial charge in [0.25, 0.3) is 0 Å². The highest BCUT2D eigenvalue weighted by Crippen LogP contribution is 2.39. The molecule has 21 heavy (non-hydrogen) atoms. The molecule has 0 aromatic heterocycles. The van der Waals surface area contributed by atoms with Crippen molar-refractivity contribution in [2.24, 2.45) is 5.41 Å². The first kappa shape index (κ1) is 18.3. The number of rotatable bonds is 7. The summed E-state index contributed by atoms with van der Waals surface area (Å²) in [6.07, 6.45) is 6.79. The van der Waals surface area contributed by atoms with Crippen molar-refractivity contribution in [3.63, 3.8) is 0 Å². The topological polar surface area (TPSA) is 38.8 Å². The number of ether oxygens (including phenoxy) is 2. The molecule has 1 aliphatic rings. The maximum Gasteiger partial charge on any atom is 0.410 e. The molecule has 1 rings (SSSR count). The Morgan fingerprint density at radius 2 is 1.86 bits per heavy atom. The van der Waals surface area contributed by atoms with Gasteiger partial charge in [-0.05, 0) is 40.0 Å². The van der Waals surface area contributed by atoms with Gasteiger partial charge in [0.15, 0.2) is 0 Å². The first-order valence-electron chi connectivity index (χ1n) is 8.30. The van der Waals surface area contributed by atoms with E-state index < -0.39 is 5.60 Å². The maximum absolute atomic E-state index is 12.1. The quantitative estimate of drug-likeness (QED) is 0.660. The lowest BCUT2D eigenvalue weighted by molar-refractivity contribution is 0.00187. The Labute approximate surface area is 130 Å². The van der Waals surface area contributed by atoms with Crippen LogP contribution in [0.15, 0.2) is 0 Å². The van der Waals surface area contributed by atoms with Crippen LogP contribution < -0.4 is 0 Å². The smallest absolute Gasteiger partial charge is 0.410 e. The summed E-state index contributed by atoms with van der Waals surface area (Å²) in [6, 6.07) is 0. The minimum absolute atomic E-state index is 0.124. The standard InChI is InChI=1S/C17H33NO3/c1-6-7-12-20-14-17(10-8-9-11-17)13-18(5)15(19)21-16(2,3)4/h6-14H2,1-5H3. The predicted octanol–water partition coefficient (Wildman–Crippen LogP) is 4.23. The lowest BCUT2D eigenvalue weighted by Crippen LogP contribution is -2.42. The number of nitrogens with zero attached hydrogens (tertiary/aromatic N) is 1. The van der Waals surface area contributed by atoms with Crippen molar-refractivity contribution in [3.8, 4) is 0 Å². The fraction of sp³-hybridized carbons (Fsp3) is 0.941. The van der Waals surface area contributed by atoms with Crippen LogP contribution in [0.25, 0.3) is 0 Å². The van der Waals surface area contributed by atoms with Crippen LogP contribution >= 0.6 is 0 Å². The number of hydrogen-bond acceptors (Lipinski definition) is 3. The molecule has 0 N–H and O–H groups in total. The molecule has 0 radical (unpaired) electrons. The fourth-order valence-electron chi connectivity index (χ4n) is 2.92. The Morgan fingerprint density at radius 3 is 2.38 bits per heavy atom. The van der Waals surface area contributed by atoms with Gasteiger partial charge in [0, 0.05) is 25.6 Å². The summed E-state index contributed by atoms with van der Waals surface area (Å²) in [5.74, 6) is 0. The summed E-state index contributed by atoms with van der Waals surface area (Å²) in [6.45, 7) is 10.2. The third-order valence-corrected chi connectivity index (χ3v) is 3.99. The highest BCUT2D eigenvalue weighted by molar-refractivity contribution is 5.67.